The third kappa shape index (κ3) is 3.26. The number of benzene rings is 2. The van der Waals surface area contributed by atoms with E-state index in [-0.39, 0.29) is 11.3 Å². The first-order valence-electron chi connectivity index (χ1n) is 6.76. The molecule has 3 rings (SSSR count). The summed E-state index contributed by atoms with van der Waals surface area (Å²) < 4.78 is 30.2. The molecule has 2 aromatic carbocycles. The Hall–Kier alpha value is -2.02. The van der Waals surface area contributed by atoms with Crippen LogP contribution in [0.5, 0.6) is 0 Å². The van der Waals surface area contributed by atoms with Crippen LogP contribution in [0.25, 0.3) is 11.0 Å². The van der Waals surface area contributed by atoms with E-state index in [1.807, 2.05) is 0 Å². The molecule has 24 heavy (non-hydrogen) atoms. The van der Waals surface area contributed by atoms with Gasteiger partial charge in [0.2, 0.25) is 0 Å². The number of halogens is 2. The zero-order valence-corrected chi connectivity index (χ0v) is 14.5. The first-order valence-corrected chi connectivity index (χ1v) is 9.17. The van der Waals surface area contributed by atoms with E-state index in [1.165, 1.54) is 36.4 Å². The predicted octanol–water partition coefficient (Wildman–Crippen LogP) is 3.66. The van der Waals surface area contributed by atoms with Crippen molar-refractivity contribution in [3.05, 3.63) is 68.5 Å². The Morgan fingerprint density at radius 3 is 2.50 bits per heavy atom. The molecule has 0 unspecified atom stereocenters. The highest BCUT2D eigenvalue weighted by Crippen LogP contribution is 2.24. The molecule has 3 aromatic rings. The second-order valence-corrected chi connectivity index (χ2v) is 8.00. The van der Waals surface area contributed by atoms with Crippen molar-refractivity contribution >= 4 is 49.7 Å². The zero-order valence-electron chi connectivity index (χ0n) is 12.1. The molecule has 5 nitrogen and oxygen atoms in total. The van der Waals surface area contributed by atoms with Crippen LogP contribution in [0.1, 0.15) is 5.56 Å². The SMILES string of the molecule is Nc1cc(CS(=O)(=O)c2cc3cc(Cl)ccc3oc2=O)ccc1Cl. The van der Waals surface area contributed by atoms with E-state index < -0.39 is 26.1 Å². The molecule has 8 heteroatoms. The van der Waals surface area contributed by atoms with Crippen LogP contribution >= 0.6 is 23.2 Å². The fraction of sp³-hybridized carbons (Fsp3) is 0.0625. The molecule has 0 saturated heterocycles. The first kappa shape index (κ1) is 16.8. The Balaban J connectivity index is 2.08. The Bertz CT molecular complexity index is 1110. The van der Waals surface area contributed by atoms with Crippen molar-refractivity contribution in [2.45, 2.75) is 10.6 Å². The molecular formula is C16H11Cl2NO4S. The summed E-state index contributed by atoms with van der Waals surface area (Å²) in [6, 6.07) is 10.4. The number of nitrogen functional groups attached to an aromatic ring is 1. The average Bonchev–Trinajstić information content (AvgIpc) is 2.50. The maximum atomic E-state index is 12.6. The van der Waals surface area contributed by atoms with Gasteiger partial charge in [0.25, 0.3) is 0 Å². The maximum absolute atomic E-state index is 12.6. The molecule has 0 aliphatic rings. The highest BCUT2D eigenvalue weighted by Gasteiger charge is 2.22. The van der Waals surface area contributed by atoms with E-state index in [1.54, 1.807) is 6.07 Å². The third-order valence-corrected chi connectivity index (χ3v) is 5.66. The van der Waals surface area contributed by atoms with Crippen molar-refractivity contribution in [1.82, 2.24) is 0 Å². The van der Waals surface area contributed by atoms with Crippen LogP contribution in [-0.4, -0.2) is 8.42 Å². The molecule has 1 aromatic heterocycles. The fourth-order valence-corrected chi connectivity index (χ4v) is 3.95. The van der Waals surface area contributed by atoms with E-state index in [0.717, 1.165) is 0 Å². The van der Waals surface area contributed by atoms with Gasteiger partial charge in [-0.15, -0.1) is 0 Å². The lowest BCUT2D eigenvalue weighted by molar-refractivity contribution is 0.532. The van der Waals surface area contributed by atoms with Gasteiger partial charge < -0.3 is 10.2 Å². The Kier molecular flexibility index (Phi) is 4.29. The van der Waals surface area contributed by atoms with Gasteiger partial charge in [0.15, 0.2) is 14.7 Å². The number of sulfone groups is 1. The topological polar surface area (TPSA) is 90.4 Å². The van der Waals surface area contributed by atoms with Crippen LogP contribution in [0.2, 0.25) is 10.0 Å². The highest BCUT2D eigenvalue weighted by molar-refractivity contribution is 7.90. The van der Waals surface area contributed by atoms with Gasteiger partial charge in [0.1, 0.15) is 5.58 Å². The number of nitrogens with two attached hydrogens (primary N) is 1. The second kappa shape index (κ2) is 6.12. The summed E-state index contributed by atoms with van der Waals surface area (Å²) in [6.45, 7) is 0. The molecule has 0 amide bonds. The standard InChI is InChI=1S/C16H11Cl2NO4S/c17-11-2-4-14-10(6-11)7-15(16(20)23-14)24(21,22)8-9-1-3-12(18)13(19)5-9/h1-7H,8,19H2. The smallest absolute Gasteiger partial charge is 0.355 e. The molecule has 0 fully saturated rings. The number of fused-ring (bicyclic) bond motifs is 1. The van der Waals surface area contributed by atoms with E-state index in [2.05, 4.69) is 0 Å². The minimum Gasteiger partial charge on any atom is -0.422 e. The van der Waals surface area contributed by atoms with Crippen molar-refractivity contribution in [2.24, 2.45) is 0 Å². The van der Waals surface area contributed by atoms with Crippen molar-refractivity contribution in [2.75, 3.05) is 5.73 Å². The quantitative estimate of drug-likeness (QED) is 0.550. The molecule has 0 aliphatic heterocycles. The zero-order chi connectivity index (χ0) is 17.5. The van der Waals surface area contributed by atoms with Crippen molar-refractivity contribution in [3.8, 4) is 0 Å². The Labute approximate surface area is 147 Å². The number of hydrogen-bond donors (Lipinski definition) is 1. The number of hydrogen-bond acceptors (Lipinski definition) is 5. The summed E-state index contributed by atoms with van der Waals surface area (Å²) in [7, 11) is -3.93. The van der Waals surface area contributed by atoms with Gasteiger partial charge in [-0.25, -0.2) is 13.2 Å². The summed E-state index contributed by atoms with van der Waals surface area (Å²) in [5.41, 5.74) is 5.70. The molecule has 0 spiro atoms. The van der Waals surface area contributed by atoms with Crippen LogP contribution in [0.15, 0.2) is 56.6 Å². The molecule has 0 radical (unpaired) electrons. The normalized spacial score (nSPS) is 11.8. The molecular weight excluding hydrogens is 373 g/mol. The second-order valence-electron chi connectivity index (χ2n) is 5.20. The van der Waals surface area contributed by atoms with E-state index in [9.17, 15) is 13.2 Å². The van der Waals surface area contributed by atoms with Gasteiger partial charge >= 0.3 is 5.63 Å². The van der Waals surface area contributed by atoms with Crippen molar-refractivity contribution < 1.29 is 12.8 Å². The number of rotatable bonds is 3. The molecule has 124 valence electrons. The van der Waals surface area contributed by atoms with Crippen LogP contribution in [-0.2, 0) is 15.6 Å². The summed E-state index contributed by atoms with van der Waals surface area (Å²) in [5.74, 6) is -0.398. The lowest BCUT2D eigenvalue weighted by Crippen LogP contribution is -2.15. The Morgan fingerprint density at radius 2 is 1.79 bits per heavy atom. The summed E-state index contributed by atoms with van der Waals surface area (Å²) in [6.07, 6.45) is 0. The summed E-state index contributed by atoms with van der Waals surface area (Å²) >= 11 is 11.7. The predicted molar refractivity (Wildman–Crippen MR) is 94.2 cm³/mol. The van der Waals surface area contributed by atoms with E-state index in [4.69, 9.17) is 33.4 Å². The highest BCUT2D eigenvalue weighted by atomic mass is 35.5. The minimum atomic E-state index is -3.93. The van der Waals surface area contributed by atoms with Crippen LogP contribution in [0, 0.1) is 0 Å². The Morgan fingerprint density at radius 1 is 1.04 bits per heavy atom. The van der Waals surface area contributed by atoms with Gasteiger partial charge in [0, 0.05) is 10.4 Å². The lowest BCUT2D eigenvalue weighted by Gasteiger charge is -2.06. The van der Waals surface area contributed by atoms with Crippen LogP contribution < -0.4 is 11.4 Å². The average molecular weight is 384 g/mol. The molecule has 0 saturated carbocycles. The molecule has 0 atom stereocenters. The van der Waals surface area contributed by atoms with Crippen LogP contribution in [0.3, 0.4) is 0 Å². The molecule has 0 bridgehead atoms. The van der Waals surface area contributed by atoms with Gasteiger partial charge in [-0.2, -0.15) is 0 Å². The van der Waals surface area contributed by atoms with Crippen molar-refractivity contribution in [3.63, 3.8) is 0 Å². The minimum absolute atomic E-state index is 0.263. The largest absolute Gasteiger partial charge is 0.422 e. The maximum Gasteiger partial charge on any atom is 0.355 e. The summed E-state index contributed by atoms with van der Waals surface area (Å²) in [5, 5.41) is 1.16. The van der Waals surface area contributed by atoms with Crippen LogP contribution in [0.4, 0.5) is 5.69 Å². The third-order valence-electron chi connectivity index (χ3n) is 3.41. The molecule has 1 heterocycles. The van der Waals surface area contributed by atoms with Gasteiger partial charge in [0.05, 0.1) is 16.5 Å². The summed E-state index contributed by atoms with van der Waals surface area (Å²) in [4.78, 5) is 11.6. The lowest BCUT2D eigenvalue weighted by atomic mass is 10.2. The van der Waals surface area contributed by atoms with Gasteiger partial charge in [-0.05, 0) is 42.0 Å². The van der Waals surface area contributed by atoms with Crippen molar-refractivity contribution in [1.29, 1.82) is 0 Å². The van der Waals surface area contributed by atoms with E-state index in [0.29, 0.717) is 21.0 Å². The first-order chi connectivity index (χ1) is 11.3. The monoisotopic (exact) mass is 383 g/mol. The van der Waals surface area contributed by atoms with Gasteiger partial charge in [-0.3, -0.25) is 0 Å². The fourth-order valence-electron chi connectivity index (χ4n) is 2.27. The van der Waals surface area contributed by atoms with Gasteiger partial charge in [-0.1, -0.05) is 29.3 Å². The molecule has 0 aliphatic carbocycles. The van der Waals surface area contributed by atoms with E-state index >= 15 is 0 Å². The molecule has 2 N–H and O–H groups in total. The number of anilines is 1.